The van der Waals surface area contributed by atoms with E-state index in [9.17, 15) is 9.59 Å². The first-order chi connectivity index (χ1) is 19.7. The number of thiazole rings is 1. The van der Waals surface area contributed by atoms with E-state index in [1.54, 1.807) is 48.0 Å². The average Bonchev–Trinajstić information content (AvgIpc) is 3.41. The molecule has 2 atom stereocenters. The average molecular weight is 643 g/mol. The SMILES string of the molecule is CCOC(=O)C1=C(C)N=C(C)C(C(=O)OCC)C1c1cccc(Nc2nc(-c3cc(Br)c(OC)cc3OC)cs2)c1. The monoisotopic (exact) mass is 641 g/mol. The number of aromatic nitrogens is 1. The third kappa shape index (κ3) is 6.46. The van der Waals surface area contributed by atoms with E-state index in [0.29, 0.717) is 33.6 Å². The summed E-state index contributed by atoms with van der Waals surface area (Å²) in [5, 5.41) is 5.96. The van der Waals surface area contributed by atoms with Gasteiger partial charge in [0.05, 0.1) is 43.2 Å². The summed E-state index contributed by atoms with van der Waals surface area (Å²) < 4.78 is 22.5. The summed E-state index contributed by atoms with van der Waals surface area (Å²) in [5.74, 6) is -1.03. The maximum atomic E-state index is 13.1. The summed E-state index contributed by atoms with van der Waals surface area (Å²) in [6.45, 7) is 7.47. The lowest BCUT2D eigenvalue weighted by molar-refractivity contribution is -0.146. The van der Waals surface area contributed by atoms with Crippen molar-refractivity contribution in [3.05, 3.63) is 63.1 Å². The van der Waals surface area contributed by atoms with E-state index in [0.717, 1.165) is 27.0 Å². The Hall–Kier alpha value is -3.70. The van der Waals surface area contributed by atoms with Crippen LogP contribution in [0.2, 0.25) is 0 Å². The van der Waals surface area contributed by atoms with Crippen LogP contribution < -0.4 is 14.8 Å². The number of aliphatic imine (C=N–C) groups is 1. The number of esters is 2. The molecule has 9 nitrogen and oxygen atoms in total. The quantitative estimate of drug-likeness (QED) is 0.238. The van der Waals surface area contributed by atoms with E-state index in [1.807, 2.05) is 35.7 Å². The van der Waals surface area contributed by atoms with E-state index < -0.39 is 23.8 Å². The van der Waals surface area contributed by atoms with Gasteiger partial charge in [0, 0.05) is 40.0 Å². The minimum atomic E-state index is -0.763. The first-order valence-corrected chi connectivity index (χ1v) is 14.7. The maximum Gasteiger partial charge on any atom is 0.336 e. The fraction of sp³-hybridized carbons (Fsp3) is 0.333. The van der Waals surface area contributed by atoms with Crippen LogP contribution >= 0.6 is 27.3 Å². The number of nitrogens with one attached hydrogen (secondary N) is 1. The Labute approximate surface area is 251 Å². The number of ether oxygens (including phenoxy) is 4. The molecule has 1 aliphatic rings. The Bertz CT molecular complexity index is 1520. The molecule has 0 bridgehead atoms. The van der Waals surface area contributed by atoms with Gasteiger partial charge in [0.25, 0.3) is 0 Å². The topological polar surface area (TPSA) is 108 Å². The van der Waals surface area contributed by atoms with Gasteiger partial charge in [-0.2, -0.15) is 0 Å². The molecule has 1 aromatic heterocycles. The zero-order chi connectivity index (χ0) is 29.7. The van der Waals surface area contributed by atoms with Crippen LogP contribution in [0.15, 0.2) is 62.5 Å². The fourth-order valence-corrected chi connectivity index (χ4v) is 6.09. The van der Waals surface area contributed by atoms with Crippen molar-refractivity contribution in [2.75, 3.05) is 32.8 Å². The second-order valence-corrected chi connectivity index (χ2v) is 10.9. The summed E-state index contributed by atoms with van der Waals surface area (Å²) in [6.07, 6.45) is 0. The number of hydrogen-bond donors (Lipinski definition) is 1. The Kier molecular flexibility index (Phi) is 9.82. The Morgan fingerprint density at radius 3 is 2.44 bits per heavy atom. The standard InChI is InChI=1S/C30H32BrN3O6S/c1-7-39-28(35)25-16(3)32-17(4)26(29(36)40-8-2)27(25)18-10-9-11-19(12-18)33-30-34-22(15-41-30)20-13-21(31)24(38-6)14-23(20)37-5/h9-15,25,27H,7-8H2,1-6H3,(H,33,34). The molecule has 1 aliphatic heterocycles. The molecule has 216 valence electrons. The van der Waals surface area contributed by atoms with Crippen LogP contribution in [0.5, 0.6) is 11.5 Å². The number of carbonyl (C=O) groups is 2. The van der Waals surface area contributed by atoms with Crippen molar-refractivity contribution in [1.29, 1.82) is 0 Å². The number of carbonyl (C=O) groups excluding carboxylic acids is 2. The third-order valence-electron chi connectivity index (χ3n) is 6.62. The number of halogens is 1. The summed E-state index contributed by atoms with van der Waals surface area (Å²) in [5.41, 5.74) is 4.50. The molecule has 2 heterocycles. The normalized spacial score (nSPS) is 16.6. The highest BCUT2D eigenvalue weighted by atomic mass is 79.9. The van der Waals surface area contributed by atoms with Crippen molar-refractivity contribution in [3.8, 4) is 22.8 Å². The number of anilines is 2. The highest BCUT2D eigenvalue weighted by Gasteiger charge is 2.42. The van der Waals surface area contributed by atoms with E-state index in [2.05, 4.69) is 26.2 Å². The molecule has 41 heavy (non-hydrogen) atoms. The molecule has 0 radical (unpaired) electrons. The molecular formula is C30H32BrN3O6S. The van der Waals surface area contributed by atoms with Gasteiger partial charge in [0.1, 0.15) is 17.4 Å². The minimum absolute atomic E-state index is 0.207. The first-order valence-electron chi connectivity index (χ1n) is 13.1. The van der Waals surface area contributed by atoms with Gasteiger partial charge < -0.3 is 24.3 Å². The molecule has 2 unspecified atom stereocenters. The van der Waals surface area contributed by atoms with Crippen molar-refractivity contribution in [3.63, 3.8) is 0 Å². The number of benzene rings is 2. The smallest absolute Gasteiger partial charge is 0.336 e. The summed E-state index contributed by atoms with van der Waals surface area (Å²) in [6, 6.07) is 11.3. The van der Waals surface area contributed by atoms with Crippen molar-refractivity contribution in [2.45, 2.75) is 33.6 Å². The van der Waals surface area contributed by atoms with Gasteiger partial charge in [-0.25, -0.2) is 9.78 Å². The summed E-state index contributed by atoms with van der Waals surface area (Å²) in [7, 11) is 3.20. The third-order valence-corrected chi connectivity index (χ3v) is 7.99. The minimum Gasteiger partial charge on any atom is -0.496 e. The van der Waals surface area contributed by atoms with Crippen LogP contribution in [-0.2, 0) is 19.1 Å². The Morgan fingerprint density at radius 2 is 1.76 bits per heavy atom. The number of methoxy groups -OCH3 is 2. The highest BCUT2D eigenvalue weighted by Crippen LogP contribution is 2.42. The molecule has 1 N–H and O–H groups in total. The predicted octanol–water partition coefficient (Wildman–Crippen LogP) is 6.91. The number of rotatable bonds is 10. The molecule has 0 fully saturated rings. The van der Waals surface area contributed by atoms with Gasteiger partial charge in [-0.1, -0.05) is 12.1 Å². The predicted molar refractivity (Wildman–Crippen MR) is 163 cm³/mol. The second kappa shape index (κ2) is 13.3. The summed E-state index contributed by atoms with van der Waals surface area (Å²) in [4.78, 5) is 35.5. The first kappa shape index (κ1) is 30.3. The van der Waals surface area contributed by atoms with Crippen molar-refractivity contribution in [1.82, 2.24) is 4.98 Å². The zero-order valence-corrected chi connectivity index (χ0v) is 26.1. The van der Waals surface area contributed by atoms with Crippen LogP contribution in [0, 0.1) is 5.92 Å². The molecule has 0 aliphatic carbocycles. The molecule has 4 rings (SSSR count). The van der Waals surface area contributed by atoms with E-state index in [1.165, 1.54) is 11.3 Å². The fourth-order valence-electron chi connectivity index (χ4n) is 4.86. The second-order valence-electron chi connectivity index (χ2n) is 9.16. The highest BCUT2D eigenvalue weighted by molar-refractivity contribution is 9.10. The molecular weight excluding hydrogens is 610 g/mol. The Morgan fingerprint density at radius 1 is 1.02 bits per heavy atom. The lowest BCUT2D eigenvalue weighted by Crippen LogP contribution is -2.36. The molecule has 2 aromatic carbocycles. The van der Waals surface area contributed by atoms with Crippen LogP contribution in [0.4, 0.5) is 10.8 Å². The molecule has 0 saturated heterocycles. The van der Waals surface area contributed by atoms with Gasteiger partial charge >= 0.3 is 11.9 Å². The van der Waals surface area contributed by atoms with Crippen LogP contribution in [0.1, 0.15) is 39.2 Å². The molecule has 11 heteroatoms. The molecule has 0 spiro atoms. The maximum absolute atomic E-state index is 13.1. The molecule has 0 saturated carbocycles. The molecule has 0 amide bonds. The van der Waals surface area contributed by atoms with Gasteiger partial charge in [0.15, 0.2) is 5.13 Å². The zero-order valence-electron chi connectivity index (χ0n) is 23.7. The van der Waals surface area contributed by atoms with E-state index >= 15 is 0 Å². The van der Waals surface area contributed by atoms with Crippen LogP contribution in [0.3, 0.4) is 0 Å². The van der Waals surface area contributed by atoms with Gasteiger partial charge in [-0.3, -0.25) is 9.79 Å². The molecule has 3 aromatic rings. The van der Waals surface area contributed by atoms with Gasteiger partial charge in [-0.15, -0.1) is 11.3 Å². The van der Waals surface area contributed by atoms with E-state index in [-0.39, 0.29) is 13.2 Å². The van der Waals surface area contributed by atoms with Crippen LogP contribution in [0.25, 0.3) is 11.3 Å². The van der Waals surface area contributed by atoms with E-state index in [4.69, 9.17) is 23.9 Å². The van der Waals surface area contributed by atoms with Crippen molar-refractivity contribution < 1.29 is 28.5 Å². The van der Waals surface area contributed by atoms with Gasteiger partial charge in [0.2, 0.25) is 0 Å². The van der Waals surface area contributed by atoms with Gasteiger partial charge in [-0.05, 0) is 67.4 Å². The van der Waals surface area contributed by atoms with Crippen molar-refractivity contribution >= 4 is 55.7 Å². The number of hydrogen-bond acceptors (Lipinski definition) is 10. The van der Waals surface area contributed by atoms with Crippen LogP contribution in [-0.4, -0.2) is 50.1 Å². The Balaban J connectivity index is 1.70. The number of allylic oxidation sites excluding steroid dienone is 1. The summed E-state index contributed by atoms with van der Waals surface area (Å²) >= 11 is 4.97. The number of nitrogens with zero attached hydrogens (tertiary/aromatic N) is 2. The lowest BCUT2D eigenvalue weighted by Gasteiger charge is -2.31. The lowest BCUT2D eigenvalue weighted by atomic mass is 9.75. The van der Waals surface area contributed by atoms with Crippen molar-refractivity contribution in [2.24, 2.45) is 10.9 Å². The largest absolute Gasteiger partial charge is 0.496 e.